The van der Waals surface area contributed by atoms with Crippen molar-refractivity contribution in [1.29, 1.82) is 0 Å². The molecular formula is C13H16Cl2N2O2. The van der Waals surface area contributed by atoms with Crippen LogP contribution in [0, 0.1) is 0 Å². The van der Waals surface area contributed by atoms with Gasteiger partial charge in [0.1, 0.15) is 10.8 Å². The monoisotopic (exact) mass is 302 g/mol. The molecule has 2 N–H and O–H groups in total. The summed E-state index contributed by atoms with van der Waals surface area (Å²) >= 11 is 11.7. The number of aliphatic hydroxyl groups is 1. The van der Waals surface area contributed by atoms with E-state index in [1.807, 2.05) is 0 Å². The number of aromatic nitrogens is 1. The molecule has 0 radical (unpaired) electrons. The van der Waals surface area contributed by atoms with Crippen molar-refractivity contribution in [3.8, 4) is 0 Å². The minimum atomic E-state index is -0.510. The summed E-state index contributed by atoms with van der Waals surface area (Å²) < 4.78 is 0. The van der Waals surface area contributed by atoms with E-state index in [-0.39, 0.29) is 21.9 Å². The lowest BCUT2D eigenvalue weighted by atomic mass is 10.1. The highest BCUT2D eigenvalue weighted by Crippen LogP contribution is 2.20. The summed E-state index contributed by atoms with van der Waals surface area (Å²) in [5.74, 6) is -0.390. The van der Waals surface area contributed by atoms with Crippen LogP contribution in [0.15, 0.2) is 12.1 Å². The average molecular weight is 303 g/mol. The molecule has 1 aliphatic carbocycles. The van der Waals surface area contributed by atoms with Gasteiger partial charge in [-0.25, -0.2) is 4.98 Å². The zero-order chi connectivity index (χ0) is 13.8. The third-order valence-electron chi connectivity index (χ3n) is 3.32. The second-order valence-corrected chi connectivity index (χ2v) is 5.54. The first-order valence-electron chi connectivity index (χ1n) is 6.39. The molecule has 2 rings (SSSR count). The maximum atomic E-state index is 12.1. The van der Waals surface area contributed by atoms with Crippen LogP contribution >= 0.6 is 23.2 Å². The first-order valence-corrected chi connectivity index (χ1v) is 7.14. The Morgan fingerprint density at radius 1 is 1.26 bits per heavy atom. The lowest BCUT2D eigenvalue weighted by Crippen LogP contribution is -2.43. The smallest absolute Gasteiger partial charge is 0.271 e. The van der Waals surface area contributed by atoms with Crippen molar-refractivity contribution < 1.29 is 9.90 Å². The molecule has 1 aromatic rings. The lowest BCUT2D eigenvalue weighted by molar-refractivity contribution is 0.0814. The largest absolute Gasteiger partial charge is 0.391 e. The van der Waals surface area contributed by atoms with Gasteiger partial charge in [-0.05, 0) is 25.0 Å². The second-order valence-electron chi connectivity index (χ2n) is 4.75. The molecule has 2 unspecified atom stereocenters. The van der Waals surface area contributed by atoms with E-state index < -0.39 is 12.0 Å². The van der Waals surface area contributed by atoms with Crippen molar-refractivity contribution in [2.75, 3.05) is 0 Å². The van der Waals surface area contributed by atoms with Crippen LogP contribution < -0.4 is 5.32 Å². The highest BCUT2D eigenvalue weighted by molar-refractivity contribution is 6.34. The Morgan fingerprint density at radius 3 is 2.79 bits per heavy atom. The van der Waals surface area contributed by atoms with Crippen molar-refractivity contribution in [2.45, 2.75) is 44.2 Å². The standard InChI is InChI=1S/C13H16Cl2N2O2/c14-8-6-7-11(15)17-12(8)13(19)16-9-4-2-1-3-5-10(9)18/h6-7,9-10,18H,1-5H2,(H,16,19). The molecule has 19 heavy (non-hydrogen) atoms. The molecule has 1 heterocycles. The van der Waals surface area contributed by atoms with Crippen LogP contribution in [0.25, 0.3) is 0 Å². The van der Waals surface area contributed by atoms with Gasteiger partial charge in [0, 0.05) is 0 Å². The van der Waals surface area contributed by atoms with Crippen LogP contribution in [-0.2, 0) is 0 Å². The van der Waals surface area contributed by atoms with Gasteiger partial charge in [0.2, 0.25) is 0 Å². The molecular weight excluding hydrogens is 287 g/mol. The molecule has 1 aliphatic rings. The van der Waals surface area contributed by atoms with E-state index in [4.69, 9.17) is 23.2 Å². The molecule has 1 amide bonds. The Hall–Kier alpha value is -0.840. The second kappa shape index (κ2) is 6.55. The van der Waals surface area contributed by atoms with Gasteiger partial charge in [-0.3, -0.25) is 4.79 Å². The molecule has 0 saturated heterocycles. The Labute approximate surface area is 122 Å². The maximum Gasteiger partial charge on any atom is 0.271 e. The molecule has 0 spiro atoms. The fourth-order valence-electron chi connectivity index (χ4n) is 2.27. The van der Waals surface area contributed by atoms with Gasteiger partial charge < -0.3 is 10.4 Å². The molecule has 2 atom stereocenters. The van der Waals surface area contributed by atoms with E-state index in [1.165, 1.54) is 12.1 Å². The zero-order valence-corrected chi connectivity index (χ0v) is 11.9. The van der Waals surface area contributed by atoms with Gasteiger partial charge in [-0.15, -0.1) is 0 Å². The molecule has 1 fully saturated rings. The summed E-state index contributed by atoms with van der Waals surface area (Å²) in [6.07, 6.45) is 4.04. The molecule has 0 aliphatic heterocycles. The van der Waals surface area contributed by atoms with Crippen LogP contribution in [-0.4, -0.2) is 28.1 Å². The summed E-state index contributed by atoms with van der Waals surface area (Å²) in [6, 6.07) is 2.82. The average Bonchev–Trinajstić information content (AvgIpc) is 2.58. The van der Waals surface area contributed by atoms with E-state index in [9.17, 15) is 9.90 Å². The Balaban J connectivity index is 2.09. The zero-order valence-electron chi connectivity index (χ0n) is 10.4. The summed E-state index contributed by atoms with van der Waals surface area (Å²) in [5, 5.41) is 13.2. The van der Waals surface area contributed by atoms with E-state index >= 15 is 0 Å². The number of nitrogens with zero attached hydrogens (tertiary/aromatic N) is 1. The number of amides is 1. The number of pyridine rings is 1. The topological polar surface area (TPSA) is 62.2 Å². The van der Waals surface area contributed by atoms with E-state index in [2.05, 4.69) is 10.3 Å². The van der Waals surface area contributed by atoms with Gasteiger partial charge in [-0.2, -0.15) is 0 Å². The van der Waals surface area contributed by atoms with Gasteiger partial charge in [-0.1, -0.05) is 42.5 Å². The predicted molar refractivity (Wildman–Crippen MR) is 74.6 cm³/mol. The number of aliphatic hydroxyl groups excluding tert-OH is 1. The minimum Gasteiger partial charge on any atom is -0.391 e. The van der Waals surface area contributed by atoms with Gasteiger partial charge >= 0.3 is 0 Å². The summed E-state index contributed by atoms with van der Waals surface area (Å²) in [5.41, 5.74) is 0.102. The van der Waals surface area contributed by atoms with Crippen LogP contribution in [0.5, 0.6) is 0 Å². The quantitative estimate of drug-likeness (QED) is 0.652. The van der Waals surface area contributed by atoms with Crippen molar-refractivity contribution in [3.05, 3.63) is 28.0 Å². The van der Waals surface area contributed by atoms with Crippen LogP contribution in [0.3, 0.4) is 0 Å². The number of carbonyl (C=O) groups excluding carboxylic acids is 1. The summed E-state index contributed by atoms with van der Waals surface area (Å²) in [4.78, 5) is 16.0. The highest BCUT2D eigenvalue weighted by atomic mass is 35.5. The molecule has 0 aromatic carbocycles. The molecule has 6 heteroatoms. The molecule has 4 nitrogen and oxygen atoms in total. The number of nitrogens with one attached hydrogen (secondary N) is 1. The normalized spacial score (nSPS) is 23.7. The number of hydrogen-bond donors (Lipinski definition) is 2. The van der Waals surface area contributed by atoms with Crippen molar-refractivity contribution in [1.82, 2.24) is 10.3 Å². The lowest BCUT2D eigenvalue weighted by Gasteiger charge is -2.21. The summed E-state index contributed by atoms with van der Waals surface area (Å²) in [6.45, 7) is 0. The number of hydrogen-bond acceptors (Lipinski definition) is 3. The van der Waals surface area contributed by atoms with Gasteiger partial charge in [0.05, 0.1) is 17.2 Å². The van der Waals surface area contributed by atoms with Crippen LogP contribution in [0.4, 0.5) is 0 Å². The fourth-order valence-corrected chi connectivity index (χ4v) is 2.61. The van der Waals surface area contributed by atoms with Gasteiger partial charge in [0.15, 0.2) is 0 Å². The highest BCUT2D eigenvalue weighted by Gasteiger charge is 2.25. The van der Waals surface area contributed by atoms with Crippen molar-refractivity contribution in [3.63, 3.8) is 0 Å². The van der Waals surface area contributed by atoms with Crippen LogP contribution in [0.2, 0.25) is 10.2 Å². The molecule has 0 bridgehead atoms. The number of carbonyl (C=O) groups is 1. The van der Waals surface area contributed by atoms with Gasteiger partial charge in [0.25, 0.3) is 5.91 Å². The van der Waals surface area contributed by atoms with Crippen LogP contribution in [0.1, 0.15) is 42.6 Å². The molecule has 104 valence electrons. The third kappa shape index (κ3) is 3.81. The molecule has 1 aromatic heterocycles. The first kappa shape index (κ1) is 14.6. The Morgan fingerprint density at radius 2 is 2.00 bits per heavy atom. The predicted octanol–water partition coefficient (Wildman–Crippen LogP) is 2.81. The number of rotatable bonds is 2. The van der Waals surface area contributed by atoms with E-state index in [0.29, 0.717) is 6.42 Å². The SMILES string of the molecule is O=C(NC1CCCCCC1O)c1nc(Cl)ccc1Cl. The first-order chi connectivity index (χ1) is 9.08. The number of halogens is 2. The third-order valence-corrected chi connectivity index (χ3v) is 3.84. The minimum absolute atomic E-state index is 0.102. The van der Waals surface area contributed by atoms with E-state index in [0.717, 1.165) is 25.7 Å². The van der Waals surface area contributed by atoms with Crippen molar-refractivity contribution in [2.24, 2.45) is 0 Å². The Kier molecular flexibility index (Phi) is 5.02. The Bertz CT molecular complexity index is 468. The summed E-state index contributed by atoms with van der Waals surface area (Å²) in [7, 11) is 0. The maximum absolute atomic E-state index is 12.1. The fraction of sp³-hybridized carbons (Fsp3) is 0.538. The molecule has 1 saturated carbocycles. The van der Waals surface area contributed by atoms with Crippen molar-refractivity contribution >= 4 is 29.1 Å². The van der Waals surface area contributed by atoms with E-state index in [1.54, 1.807) is 0 Å².